The van der Waals surface area contributed by atoms with Gasteiger partial charge in [-0.3, -0.25) is 4.79 Å². The highest BCUT2D eigenvalue weighted by molar-refractivity contribution is 5.68. The number of unbranched alkanes of at least 4 members (excludes halogenated alkanes) is 5. The lowest BCUT2D eigenvalue weighted by atomic mass is 9.96. The molecule has 5 heterocycles. The highest BCUT2D eigenvalue weighted by atomic mass is 16.8. The van der Waals surface area contributed by atoms with E-state index in [2.05, 4.69) is 4.74 Å². The minimum atomic E-state index is -2.04. The Hall–Kier alpha value is -1.57. The first-order valence-electron chi connectivity index (χ1n) is 22.6. The summed E-state index contributed by atoms with van der Waals surface area (Å²) in [5.41, 5.74) is 0. The van der Waals surface area contributed by atoms with Crippen molar-refractivity contribution in [3.05, 3.63) is 0 Å². The van der Waals surface area contributed by atoms with Crippen molar-refractivity contribution in [1.82, 2.24) is 0 Å². The second-order valence-electron chi connectivity index (χ2n) is 17.3. The van der Waals surface area contributed by atoms with Gasteiger partial charge < -0.3 is 134 Å². The maximum atomic E-state index is 11.8. The summed E-state index contributed by atoms with van der Waals surface area (Å²) in [5, 5.41) is 169. The van der Waals surface area contributed by atoms with Crippen LogP contribution in [-0.4, -0.2) is 288 Å². The van der Waals surface area contributed by atoms with E-state index in [-0.39, 0.29) is 19.0 Å². The van der Waals surface area contributed by atoms with Gasteiger partial charge in [-0.05, 0) is 12.8 Å². The van der Waals surface area contributed by atoms with Crippen LogP contribution in [0.1, 0.15) is 44.9 Å². The number of rotatable bonds is 23. The lowest BCUT2D eigenvalue weighted by Crippen LogP contribution is -2.67. The van der Waals surface area contributed by atoms with Gasteiger partial charge in [0.2, 0.25) is 0 Å². The first-order chi connectivity index (χ1) is 32.4. The lowest BCUT2D eigenvalue weighted by Gasteiger charge is -2.49. The summed E-state index contributed by atoms with van der Waals surface area (Å²) in [5.74, 6) is -0.312. The molecule has 5 aliphatic heterocycles. The third-order valence-corrected chi connectivity index (χ3v) is 12.6. The molecule has 16 N–H and O–H groups in total. The zero-order valence-electron chi connectivity index (χ0n) is 37.2. The van der Waals surface area contributed by atoms with Gasteiger partial charge in [0.1, 0.15) is 122 Å². The molecule has 0 saturated carbocycles. The molecule has 5 aliphatic rings. The van der Waals surface area contributed by atoms with Gasteiger partial charge >= 0.3 is 5.97 Å². The SMILES string of the molecule is COC(=O)CCCCCCCCO[C@H]1O[C@H](CO[C@H]2O[C@H](CO)[C@@H](O)[C@H](O)[C@@H]2O[C@H]2O[C@H](CO)[C@@H](O)[C@H](O)[C@@H]2O)[C@@H](O)[C@H](O[C@H]2O[C@H](CO)[C@@H](O)[C@H](O)[C@@H]2O[C@H]2O[C@H](CO)[C@@H](O)[C@H](O)[C@@H]2O)[C@@H]1O. The fourth-order valence-electron chi connectivity index (χ4n) is 8.38. The number of methoxy groups -OCH3 is 1. The normalized spacial score (nSPS) is 45.8. The maximum Gasteiger partial charge on any atom is 0.305 e. The van der Waals surface area contributed by atoms with E-state index in [0.29, 0.717) is 19.3 Å². The van der Waals surface area contributed by atoms with Crippen LogP contribution in [-0.2, 0) is 56.9 Å². The van der Waals surface area contributed by atoms with Gasteiger partial charge in [0, 0.05) is 13.0 Å². The Morgan fingerprint density at radius 1 is 0.382 bits per heavy atom. The molecule has 25 atom stereocenters. The van der Waals surface area contributed by atoms with E-state index in [1.165, 1.54) is 7.11 Å². The van der Waals surface area contributed by atoms with Crippen LogP contribution in [0.2, 0.25) is 0 Å². The lowest BCUT2D eigenvalue weighted by molar-refractivity contribution is -0.392. The largest absolute Gasteiger partial charge is 0.469 e. The average molecular weight is 999 g/mol. The van der Waals surface area contributed by atoms with Crippen molar-refractivity contribution in [2.45, 2.75) is 198 Å². The van der Waals surface area contributed by atoms with Crippen LogP contribution in [0.5, 0.6) is 0 Å². The number of carbonyl (C=O) groups excluding carboxylic acids is 1. The molecule has 0 bridgehead atoms. The number of carbonyl (C=O) groups is 1. The quantitative estimate of drug-likeness (QED) is 0.0334. The van der Waals surface area contributed by atoms with E-state index in [9.17, 15) is 86.5 Å². The van der Waals surface area contributed by atoms with Crippen molar-refractivity contribution in [1.29, 1.82) is 0 Å². The van der Waals surface area contributed by atoms with Gasteiger partial charge in [-0.2, -0.15) is 0 Å². The number of esters is 1. The molecule has 28 nitrogen and oxygen atoms in total. The molecule has 0 amide bonds. The van der Waals surface area contributed by atoms with Gasteiger partial charge in [-0.1, -0.05) is 25.7 Å². The molecule has 28 heteroatoms. The smallest absolute Gasteiger partial charge is 0.305 e. The standard InChI is InChI=1S/C40H70O28/c1-58-20(45)8-6-4-2-3-5-7-9-59-36-32(57)33(66-40-35(29(54)24(49)18(13-44)64-40)68-38-31(56)27(52)22(47)16(11-42)62-38)25(50)19(65-36)14-60-39-34(28(53)23(48)17(12-43)63-39)67-37-30(55)26(51)21(46)15(10-41)61-37/h15-19,21-44,46-57H,2-14H2,1H3/t15-,16-,17-,18-,19-,21-,22-,23-,24-,25-,26+,27+,28+,29+,30+,31+,32+,33+,34+,35+,36+,37-,38-,39+,40-/m1/s1. The van der Waals surface area contributed by atoms with Crippen LogP contribution in [0.3, 0.4) is 0 Å². The predicted molar refractivity (Wildman–Crippen MR) is 215 cm³/mol. The minimum Gasteiger partial charge on any atom is -0.469 e. The predicted octanol–water partition coefficient (Wildman–Crippen LogP) is -9.00. The molecule has 0 unspecified atom stereocenters. The highest BCUT2D eigenvalue weighted by Gasteiger charge is 2.56. The van der Waals surface area contributed by atoms with E-state index in [1.807, 2.05) is 0 Å². The van der Waals surface area contributed by atoms with E-state index in [1.54, 1.807) is 0 Å². The summed E-state index contributed by atoms with van der Waals surface area (Å²) in [7, 11) is 1.31. The fraction of sp³-hybridized carbons (Fsp3) is 0.975. The molecule has 0 aromatic heterocycles. The molecule has 5 fully saturated rings. The summed E-state index contributed by atoms with van der Waals surface area (Å²) in [4.78, 5) is 11.4. The monoisotopic (exact) mass is 998 g/mol. The average Bonchev–Trinajstić information content (AvgIpc) is 3.33. The van der Waals surface area contributed by atoms with Crippen LogP contribution >= 0.6 is 0 Å². The van der Waals surface area contributed by atoms with Gasteiger partial charge in [0.15, 0.2) is 31.5 Å². The van der Waals surface area contributed by atoms with Gasteiger partial charge in [-0.15, -0.1) is 0 Å². The molecule has 5 saturated heterocycles. The summed E-state index contributed by atoms with van der Waals surface area (Å²) in [6, 6.07) is 0. The third kappa shape index (κ3) is 13.7. The van der Waals surface area contributed by atoms with E-state index in [4.69, 9.17) is 47.4 Å². The van der Waals surface area contributed by atoms with Crippen molar-refractivity contribution in [3.8, 4) is 0 Å². The molecule has 0 radical (unpaired) electrons. The van der Waals surface area contributed by atoms with Crippen LogP contribution in [0.25, 0.3) is 0 Å². The molecule has 0 aromatic rings. The van der Waals surface area contributed by atoms with Crippen molar-refractivity contribution >= 4 is 5.97 Å². The van der Waals surface area contributed by atoms with E-state index in [0.717, 1.165) is 19.3 Å². The molecule has 398 valence electrons. The summed E-state index contributed by atoms with van der Waals surface area (Å²) < 4.78 is 62.1. The molecular weight excluding hydrogens is 928 g/mol. The molecule has 0 aliphatic carbocycles. The van der Waals surface area contributed by atoms with Crippen LogP contribution in [0.4, 0.5) is 0 Å². The highest BCUT2D eigenvalue weighted by Crippen LogP contribution is 2.35. The van der Waals surface area contributed by atoms with Crippen molar-refractivity contribution in [3.63, 3.8) is 0 Å². The van der Waals surface area contributed by atoms with Gasteiger partial charge in [-0.25, -0.2) is 0 Å². The molecule has 0 aromatic carbocycles. The first-order valence-corrected chi connectivity index (χ1v) is 22.6. The molecular formula is C40H70O28. The van der Waals surface area contributed by atoms with Crippen molar-refractivity contribution in [2.24, 2.45) is 0 Å². The Bertz CT molecular complexity index is 1470. The number of aliphatic hydroxyl groups excluding tert-OH is 16. The fourth-order valence-corrected chi connectivity index (χ4v) is 8.38. The van der Waals surface area contributed by atoms with Crippen LogP contribution in [0, 0.1) is 0 Å². The number of aliphatic hydroxyl groups is 16. The Morgan fingerprint density at radius 2 is 0.779 bits per heavy atom. The first kappa shape index (κ1) is 57.3. The second kappa shape index (κ2) is 26.9. The van der Waals surface area contributed by atoms with Crippen molar-refractivity contribution in [2.75, 3.05) is 46.8 Å². The Balaban J connectivity index is 1.36. The zero-order chi connectivity index (χ0) is 50.0. The molecule has 68 heavy (non-hydrogen) atoms. The topological polar surface area (TPSA) is 442 Å². The van der Waals surface area contributed by atoms with Gasteiger partial charge in [0.25, 0.3) is 0 Å². The van der Waals surface area contributed by atoms with Crippen LogP contribution in [0.15, 0.2) is 0 Å². The maximum absolute atomic E-state index is 11.8. The minimum absolute atomic E-state index is 0.0381. The number of hydrogen-bond acceptors (Lipinski definition) is 28. The van der Waals surface area contributed by atoms with Crippen LogP contribution < -0.4 is 0 Å². The Kier molecular flexibility index (Phi) is 22.7. The van der Waals surface area contributed by atoms with Crippen molar-refractivity contribution < 1.29 is 139 Å². The van der Waals surface area contributed by atoms with E-state index >= 15 is 0 Å². The summed E-state index contributed by atoms with van der Waals surface area (Å²) in [6.07, 6.45) is -41.4. The second-order valence-corrected chi connectivity index (χ2v) is 17.3. The third-order valence-electron chi connectivity index (χ3n) is 12.6. The number of ether oxygens (including phenoxy) is 11. The zero-order valence-corrected chi connectivity index (χ0v) is 37.2. The van der Waals surface area contributed by atoms with E-state index < -0.39 is 187 Å². The number of hydrogen-bond donors (Lipinski definition) is 16. The summed E-state index contributed by atoms with van der Waals surface area (Å²) in [6.45, 7) is -4.31. The van der Waals surface area contributed by atoms with Gasteiger partial charge in [0.05, 0.1) is 40.1 Å². The Labute approximate surface area is 389 Å². The molecule has 5 rings (SSSR count). The Morgan fingerprint density at radius 3 is 1.26 bits per heavy atom. The molecule has 0 spiro atoms. The summed E-state index contributed by atoms with van der Waals surface area (Å²) >= 11 is 0.